The Bertz CT molecular complexity index is 732. The minimum atomic E-state index is -0.488. The van der Waals surface area contributed by atoms with Crippen molar-refractivity contribution in [2.45, 2.75) is 32.9 Å². The summed E-state index contributed by atoms with van der Waals surface area (Å²) in [5.41, 5.74) is 6.45. The van der Waals surface area contributed by atoms with Gasteiger partial charge in [-0.1, -0.05) is 13.8 Å². The second-order valence-corrected chi connectivity index (χ2v) is 6.64. The average molecular weight is 318 g/mol. The average Bonchev–Trinajstić information content (AvgIpc) is 3.12. The topological polar surface area (TPSA) is 81.2 Å². The first kappa shape index (κ1) is 14.8. The Labute approximate surface area is 132 Å². The maximum absolute atomic E-state index is 12.6. The smallest absolute Gasteiger partial charge is 0.266 e. The Morgan fingerprint density at radius 3 is 2.77 bits per heavy atom. The van der Waals surface area contributed by atoms with Crippen molar-refractivity contribution in [2.75, 3.05) is 6.54 Å². The molecule has 1 aliphatic rings. The lowest BCUT2D eigenvalue weighted by Crippen LogP contribution is -2.39. The summed E-state index contributed by atoms with van der Waals surface area (Å²) in [4.78, 5) is 31.1. The van der Waals surface area contributed by atoms with E-state index in [0.29, 0.717) is 37.1 Å². The molecule has 0 fully saturated rings. The first-order chi connectivity index (χ1) is 10.5. The third-order valence-corrected chi connectivity index (χ3v) is 5.07. The molecule has 22 heavy (non-hydrogen) atoms. The van der Waals surface area contributed by atoms with Crippen molar-refractivity contribution in [3.8, 4) is 0 Å². The van der Waals surface area contributed by atoms with Crippen molar-refractivity contribution < 1.29 is 9.59 Å². The fraction of sp³-hybridized carbons (Fsp3) is 0.400. The molecule has 2 amide bonds. The molecule has 7 heteroatoms. The third kappa shape index (κ3) is 2.52. The first-order valence-corrected chi connectivity index (χ1v) is 8.07. The highest BCUT2D eigenvalue weighted by Crippen LogP contribution is 2.25. The van der Waals surface area contributed by atoms with Crippen LogP contribution in [0.15, 0.2) is 17.6 Å². The van der Waals surface area contributed by atoms with Gasteiger partial charge in [0.2, 0.25) is 0 Å². The monoisotopic (exact) mass is 318 g/mol. The van der Waals surface area contributed by atoms with E-state index in [0.717, 1.165) is 5.56 Å². The first-order valence-electron chi connectivity index (χ1n) is 7.19. The maximum Gasteiger partial charge on any atom is 0.266 e. The molecule has 0 aliphatic carbocycles. The quantitative estimate of drug-likeness (QED) is 0.937. The minimum Gasteiger partial charge on any atom is -0.364 e. The summed E-state index contributed by atoms with van der Waals surface area (Å²) in [6.45, 7) is 5.72. The van der Waals surface area contributed by atoms with E-state index in [9.17, 15) is 9.59 Å². The van der Waals surface area contributed by atoms with Gasteiger partial charge in [0.15, 0.2) is 0 Å². The lowest BCUT2D eigenvalue weighted by atomic mass is 10.1. The zero-order valence-electron chi connectivity index (χ0n) is 12.6. The number of carbonyl (C=O) groups excluding carboxylic acids is 2. The van der Waals surface area contributed by atoms with Crippen LogP contribution in [0.5, 0.6) is 0 Å². The molecule has 0 unspecified atom stereocenters. The molecule has 1 aliphatic heterocycles. The molecule has 0 bridgehead atoms. The highest BCUT2D eigenvalue weighted by atomic mass is 32.1. The Balaban J connectivity index is 1.79. The number of aromatic nitrogens is 2. The van der Waals surface area contributed by atoms with Gasteiger partial charge in [-0.3, -0.25) is 9.59 Å². The number of nitrogens with zero attached hydrogens (tertiary/aromatic N) is 3. The number of amides is 2. The van der Waals surface area contributed by atoms with Crippen molar-refractivity contribution in [3.05, 3.63) is 39.6 Å². The number of fused-ring (bicyclic) bond motifs is 1. The van der Waals surface area contributed by atoms with Gasteiger partial charge in [0, 0.05) is 23.3 Å². The molecule has 3 heterocycles. The number of thiophene rings is 1. The number of hydrogen-bond acceptors (Lipinski definition) is 4. The fourth-order valence-corrected chi connectivity index (χ4v) is 3.48. The summed E-state index contributed by atoms with van der Waals surface area (Å²) in [6.07, 6.45) is 1.48. The molecule has 2 aromatic rings. The number of carbonyl (C=O) groups is 2. The molecule has 0 saturated heterocycles. The molecule has 0 saturated carbocycles. The standard InChI is InChI=1S/C15H18N4O2S/c1-9(2)12-5-10(8-22-12)15(21)18-3-4-19-11(14(16)20)6-17-13(19)7-18/h5-6,8-9H,3-4,7H2,1-2H3,(H2,16,20). The van der Waals surface area contributed by atoms with Gasteiger partial charge in [0.25, 0.3) is 11.8 Å². The van der Waals surface area contributed by atoms with Crippen LogP contribution in [0.25, 0.3) is 0 Å². The van der Waals surface area contributed by atoms with E-state index < -0.39 is 5.91 Å². The van der Waals surface area contributed by atoms with Crippen molar-refractivity contribution in [1.82, 2.24) is 14.5 Å². The zero-order valence-corrected chi connectivity index (χ0v) is 13.4. The number of hydrogen-bond donors (Lipinski definition) is 1. The largest absolute Gasteiger partial charge is 0.364 e. The van der Waals surface area contributed by atoms with Gasteiger partial charge in [-0.05, 0) is 12.0 Å². The lowest BCUT2D eigenvalue weighted by molar-refractivity contribution is 0.0707. The number of nitrogens with two attached hydrogens (primary N) is 1. The molecule has 0 spiro atoms. The minimum absolute atomic E-state index is 0.0121. The normalized spacial score (nSPS) is 14.2. The second kappa shape index (κ2) is 5.57. The highest BCUT2D eigenvalue weighted by Gasteiger charge is 2.26. The fourth-order valence-electron chi connectivity index (χ4n) is 2.58. The summed E-state index contributed by atoms with van der Waals surface area (Å²) in [7, 11) is 0. The van der Waals surface area contributed by atoms with Crippen molar-refractivity contribution in [2.24, 2.45) is 5.73 Å². The number of primary amides is 1. The van der Waals surface area contributed by atoms with E-state index in [1.165, 1.54) is 11.1 Å². The van der Waals surface area contributed by atoms with Gasteiger partial charge < -0.3 is 15.2 Å². The van der Waals surface area contributed by atoms with Crippen molar-refractivity contribution in [1.29, 1.82) is 0 Å². The van der Waals surface area contributed by atoms with E-state index in [1.807, 2.05) is 11.4 Å². The zero-order chi connectivity index (χ0) is 15.9. The van der Waals surface area contributed by atoms with Gasteiger partial charge in [0.1, 0.15) is 11.5 Å². The molecular formula is C15H18N4O2S. The van der Waals surface area contributed by atoms with Crippen molar-refractivity contribution in [3.63, 3.8) is 0 Å². The van der Waals surface area contributed by atoms with Crippen LogP contribution in [0.2, 0.25) is 0 Å². The molecule has 2 aromatic heterocycles. The molecule has 3 rings (SSSR count). The van der Waals surface area contributed by atoms with E-state index in [2.05, 4.69) is 18.8 Å². The molecule has 0 atom stereocenters. The molecule has 0 aromatic carbocycles. The van der Waals surface area contributed by atoms with E-state index >= 15 is 0 Å². The molecule has 116 valence electrons. The van der Waals surface area contributed by atoms with Crippen LogP contribution in [-0.4, -0.2) is 32.8 Å². The van der Waals surface area contributed by atoms with Crippen LogP contribution in [-0.2, 0) is 13.1 Å². The molecule has 6 nitrogen and oxygen atoms in total. The molecular weight excluding hydrogens is 300 g/mol. The maximum atomic E-state index is 12.6. The van der Waals surface area contributed by atoms with Crippen LogP contribution in [0, 0.1) is 0 Å². The van der Waals surface area contributed by atoms with Gasteiger partial charge in [-0.25, -0.2) is 4.98 Å². The van der Waals surface area contributed by atoms with E-state index in [4.69, 9.17) is 5.73 Å². The van der Waals surface area contributed by atoms with E-state index in [1.54, 1.807) is 20.8 Å². The Morgan fingerprint density at radius 2 is 2.14 bits per heavy atom. The predicted octanol–water partition coefficient (Wildman–Crippen LogP) is 1.82. The Kier molecular flexibility index (Phi) is 3.74. The SMILES string of the molecule is CC(C)c1cc(C(=O)N2CCn3c(C(N)=O)cnc3C2)cs1. The summed E-state index contributed by atoms with van der Waals surface area (Å²) < 4.78 is 1.79. The Morgan fingerprint density at radius 1 is 1.36 bits per heavy atom. The van der Waals surface area contributed by atoms with Gasteiger partial charge >= 0.3 is 0 Å². The van der Waals surface area contributed by atoms with Crippen LogP contribution in [0.3, 0.4) is 0 Å². The van der Waals surface area contributed by atoms with E-state index in [-0.39, 0.29) is 5.91 Å². The third-order valence-electron chi connectivity index (χ3n) is 3.84. The Hall–Kier alpha value is -2.15. The summed E-state index contributed by atoms with van der Waals surface area (Å²) >= 11 is 1.61. The van der Waals surface area contributed by atoms with Crippen LogP contribution >= 0.6 is 11.3 Å². The van der Waals surface area contributed by atoms with Crippen LogP contribution in [0.1, 0.15) is 51.3 Å². The number of rotatable bonds is 3. The lowest BCUT2D eigenvalue weighted by Gasteiger charge is -2.28. The van der Waals surface area contributed by atoms with Crippen LogP contribution < -0.4 is 5.73 Å². The second-order valence-electron chi connectivity index (χ2n) is 5.69. The van der Waals surface area contributed by atoms with Crippen molar-refractivity contribution >= 4 is 23.2 Å². The van der Waals surface area contributed by atoms with Gasteiger partial charge in [-0.15, -0.1) is 11.3 Å². The summed E-state index contributed by atoms with van der Waals surface area (Å²) in [5, 5.41) is 1.91. The highest BCUT2D eigenvalue weighted by molar-refractivity contribution is 7.10. The summed E-state index contributed by atoms with van der Waals surface area (Å²) in [5.74, 6) is 0.647. The van der Waals surface area contributed by atoms with Crippen LogP contribution in [0.4, 0.5) is 0 Å². The molecule has 2 N–H and O–H groups in total. The number of imidazole rings is 1. The van der Waals surface area contributed by atoms with Gasteiger partial charge in [0.05, 0.1) is 18.3 Å². The summed E-state index contributed by atoms with van der Waals surface area (Å²) in [6, 6.07) is 1.97. The van der Waals surface area contributed by atoms with Gasteiger partial charge in [-0.2, -0.15) is 0 Å². The predicted molar refractivity (Wildman–Crippen MR) is 83.9 cm³/mol. The molecule has 0 radical (unpaired) electrons.